The molecule has 1 saturated heterocycles. The maximum Gasteiger partial charge on any atom is 0.166 e. The van der Waals surface area contributed by atoms with Gasteiger partial charge in [-0.1, -0.05) is 0 Å². The SMILES string of the molecule is NC1CCCN(c2ncc(Br)cc2F)C1. The predicted molar refractivity (Wildman–Crippen MR) is 61.3 cm³/mol. The first kappa shape index (κ1) is 10.8. The molecule has 2 rings (SSSR count). The third-order valence-corrected chi connectivity index (χ3v) is 2.98. The van der Waals surface area contributed by atoms with Crippen molar-refractivity contribution >= 4 is 21.7 Å². The molecule has 0 amide bonds. The summed E-state index contributed by atoms with van der Waals surface area (Å²) in [4.78, 5) is 6.00. The summed E-state index contributed by atoms with van der Waals surface area (Å²) < 4.78 is 14.2. The van der Waals surface area contributed by atoms with Crippen LogP contribution in [0.4, 0.5) is 10.2 Å². The average molecular weight is 274 g/mol. The maximum atomic E-state index is 13.6. The highest BCUT2D eigenvalue weighted by Gasteiger charge is 2.20. The molecule has 1 aromatic heterocycles. The van der Waals surface area contributed by atoms with E-state index in [1.807, 2.05) is 4.90 Å². The Bertz CT molecular complexity index is 359. The number of pyridine rings is 1. The summed E-state index contributed by atoms with van der Waals surface area (Å²) in [6, 6.07) is 1.56. The van der Waals surface area contributed by atoms with Crippen LogP contribution in [0.25, 0.3) is 0 Å². The van der Waals surface area contributed by atoms with Gasteiger partial charge in [0, 0.05) is 29.8 Å². The van der Waals surface area contributed by atoms with Gasteiger partial charge in [0.05, 0.1) is 0 Å². The second-order valence-corrected chi connectivity index (χ2v) is 4.72. The fourth-order valence-electron chi connectivity index (χ4n) is 1.84. The number of piperidine rings is 1. The smallest absolute Gasteiger partial charge is 0.166 e. The van der Waals surface area contributed by atoms with Crippen LogP contribution in [0.2, 0.25) is 0 Å². The lowest BCUT2D eigenvalue weighted by molar-refractivity contribution is 0.493. The Labute approximate surface area is 96.6 Å². The van der Waals surface area contributed by atoms with E-state index in [1.165, 1.54) is 6.07 Å². The van der Waals surface area contributed by atoms with Crippen LogP contribution in [0.3, 0.4) is 0 Å². The zero-order valence-electron chi connectivity index (χ0n) is 8.29. The Hall–Kier alpha value is -0.680. The molecule has 82 valence electrons. The van der Waals surface area contributed by atoms with Crippen molar-refractivity contribution in [2.75, 3.05) is 18.0 Å². The van der Waals surface area contributed by atoms with Gasteiger partial charge in [0.25, 0.3) is 0 Å². The van der Waals surface area contributed by atoms with Crippen LogP contribution >= 0.6 is 15.9 Å². The summed E-state index contributed by atoms with van der Waals surface area (Å²) in [6.07, 6.45) is 3.62. The summed E-state index contributed by atoms with van der Waals surface area (Å²) in [7, 11) is 0. The summed E-state index contributed by atoms with van der Waals surface area (Å²) in [5.41, 5.74) is 5.84. The van der Waals surface area contributed by atoms with Crippen molar-refractivity contribution in [3.8, 4) is 0 Å². The lowest BCUT2D eigenvalue weighted by atomic mass is 10.1. The number of rotatable bonds is 1. The van der Waals surface area contributed by atoms with Crippen molar-refractivity contribution in [1.82, 2.24) is 4.98 Å². The van der Waals surface area contributed by atoms with Gasteiger partial charge >= 0.3 is 0 Å². The molecule has 2 heterocycles. The molecule has 1 aromatic rings. The molecule has 2 N–H and O–H groups in total. The van der Waals surface area contributed by atoms with E-state index in [4.69, 9.17) is 5.73 Å². The number of aromatic nitrogens is 1. The van der Waals surface area contributed by atoms with Gasteiger partial charge in [-0.2, -0.15) is 0 Å². The average Bonchev–Trinajstić information content (AvgIpc) is 2.17. The molecule has 1 fully saturated rings. The van der Waals surface area contributed by atoms with Crippen molar-refractivity contribution in [3.05, 3.63) is 22.6 Å². The van der Waals surface area contributed by atoms with Crippen molar-refractivity contribution in [3.63, 3.8) is 0 Å². The molecule has 15 heavy (non-hydrogen) atoms. The number of hydrogen-bond acceptors (Lipinski definition) is 3. The molecule has 0 aromatic carbocycles. The largest absolute Gasteiger partial charge is 0.353 e. The summed E-state index contributed by atoms with van der Waals surface area (Å²) in [5.74, 6) is 0.117. The minimum Gasteiger partial charge on any atom is -0.353 e. The van der Waals surface area contributed by atoms with E-state index in [-0.39, 0.29) is 11.9 Å². The maximum absolute atomic E-state index is 13.6. The highest BCUT2D eigenvalue weighted by Crippen LogP contribution is 2.22. The Balaban J connectivity index is 2.21. The van der Waals surface area contributed by atoms with Crippen LogP contribution in [0.15, 0.2) is 16.7 Å². The zero-order valence-corrected chi connectivity index (χ0v) is 9.87. The number of halogens is 2. The Morgan fingerprint density at radius 2 is 2.40 bits per heavy atom. The second kappa shape index (κ2) is 4.45. The number of anilines is 1. The van der Waals surface area contributed by atoms with E-state index in [0.717, 1.165) is 19.4 Å². The first-order valence-corrected chi connectivity index (χ1v) is 5.77. The number of nitrogens with zero attached hydrogens (tertiary/aromatic N) is 2. The van der Waals surface area contributed by atoms with Gasteiger partial charge in [-0.15, -0.1) is 0 Å². The molecule has 1 aliphatic rings. The Morgan fingerprint density at radius 3 is 3.07 bits per heavy atom. The molecule has 0 spiro atoms. The lowest BCUT2D eigenvalue weighted by Crippen LogP contribution is -2.43. The van der Waals surface area contributed by atoms with E-state index in [9.17, 15) is 4.39 Å². The summed E-state index contributed by atoms with van der Waals surface area (Å²) in [5, 5.41) is 0. The van der Waals surface area contributed by atoms with Crippen molar-refractivity contribution in [2.24, 2.45) is 5.73 Å². The Kier molecular flexibility index (Phi) is 3.21. The molecule has 0 aliphatic carbocycles. The molecule has 1 unspecified atom stereocenters. The van der Waals surface area contributed by atoms with Crippen molar-refractivity contribution in [2.45, 2.75) is 18.9 Å². The highest BCUT2D eigenvalue weighted by molar-refractivity contribution is 9.10. The molecule has 3 nitrogen and oxygen atoms in total. The first-order valence-electron chi connectivity index (χ1n) is 4.98. The van der Waals surface area contributed by atoms with Gasteiger partial charge in [-0.05, 0) is 34.8 Å². The minimum absolute atomic E-state index is 0.128. The van der Waals surface area contributed by atoms with E-state index >= 15 is 0 Å². The van der Waals surface area contributed by atoms with Gasteiger partial charge in [0.2, 0.25) is 0 Å². The molecule has 1 atom stereocenters. The quantitative estimate of drug-likeness (QED) is 0.850. The normalized spacial score (nSPS) is 21.8. The highest BCUT2D eigenvalue weighted by atomic mass is 79.9. The molecule has 1 aliphatic heterocycles. The first-order chi connectivity index (χ1) is 7.16. The molecule has 0 radical (unpaired) electrons. The Morgan fingerprint density at radius 1 is 1.60 bits per heavy atom. The molecule has 0 saturated carbocycles. The second-order valence-electron chi connectivity index (χ2n) is 3.81. The molecular weight excluding hydrogens is 261 g/mol. The lowest BCUT2D eigenvalue weighted by Gasteiger charge is -2.31. The van der Waals surface area contributed by atoms with Crippen LogP contribution in [0, 0.1) is 5.82 Å². The third-order valence-electron chi connectivity index (χ3n) is 2.55. The predicted octanol–water partition coefficient (Wildman–Crippen LogP) is 1.91. The molecule has 5 heteroatoms. The molecular formula is C10H13BrFN3. The van der Waals surface area contributed by atoms with Crippen LogP contribution in [0.1, 0.15) is 12.8 Å². The van der Waals surface area contributed by atoms with Crippen LogP contribution in [-0.4, -0.2) is 24.1 Å². The standard InChI is InChI=1S/C10H13BrFN3/c11-7-4-9(12)10(14-5-7)15-3-1-2-8(13)6-15/h4-5,8H,1-3,6,13H2. The van der Waals surface area contributed by atoms with Gasteiger partial charge in [-0.25, -0.2) is 9.37 Å². The van der Waals surface area contributed by atoms with E-state index in [2.05, 4.69) is 20.9 Å². The van der Waals surface area contributed by atoms with Gasteiger partial charge in [-0.3, -0.25) is 0 Å². The van der Waals surface area contributed by atoms with E-state index in [1.54, 1.807) is 6.20 Å². The fourth-order valence-corrected chi connectivity index (χ4v) is 2.15. The molecule has 0 bridgehead atoms. The zero-order chi connectivity index (χ0) is 10.8. The van der Waals surface area contributed by atoms with Crippen LogP contribution in [0.5, 0.6) is 0 Å². The van der Waals surface area contributed by atoms with Gasteiger partial charge in [0.1, 0.15) is 0 Å². The summed E-state index contributed by atoms with van der Waals surface area (Å²) >= 11 is 3.19. The van der Waals surface area contributed by atoms with E-state index < -0.39 is 0 Å². The fraction of sp³-hybridized carbons (Fsp3) is 0.500. The topological polar surface area (TPSA) is 42.1 Å². The van der Waals surface area contributed by atoms with Crippen LogP contribution in [-0.2, 0) is 0 Å². The van der Waals surface area contributed by atoms with Crippen molar-refractivity contribution < 1.29 is 4.39 Å². The van der Waals surface area contributed by atoms with Gasteiger partial charge in [0.15, 0.2) is 11.6 Å². The van der Waals surface area contributed by atoms with Crippen molar-refractivity contribution in [1.29, 1.82) is 0 Å². The van der Waals surface area contributed by atoms with E-state index in [0.29, 0.717) is 16.8 Å². The summed E-state index contributed by atoms with van der Waals surface area (Å²) in [6.45, 7) is 1.52. The van der Waals surface area contributed by atoms with Crippen LogP contribution < -0.4 is 10.6 Å². The third kappa shape index (κ3) is 2.46. The number of hydrogen-bond donors (Lipinski definition) is 1. The number of nitrogens with two attached hydrogens (primary N) is 1. The monoisotopic (exact) mass is 273 g/mol. The van der Waals surface area contributed by atoms with Gasteiger partial charge < -0.3 is 10.6 Å². The minimum atomic E-state index is -0.293.